The van der Waals surface area contributed by atoms with Crippen molar-refractivity contribution >= 4 is 28.4 Å². The Morgan fingerprint density at radius 2 is 2.00 bits per heavy atom. The Labute approximate surface area is 196 Å². The third kappa shape index (κ3) is 4.62. The number of fused-ring (bicyclic) bond motifs is 1. The van der Waals surface area contributed by atoms with E-state index in [9.17, 15) is 19.8 Å². The Balaban J connectivity index is 1.68. The Kier molecular flexibility index (Phi) is 6.74. The number of aromatic amines is 1. The monoisotopic (exact) mass is 469 g/mol. The number of likely N-dealkylation sites (tertiary alicyclic amines) is 1. The van der Waals surface area contributed by atoms with Crippen LogP contribution in [0.25, 0.3) is 22.0 Å². The molecule has 174 valence electrons. The molecule has 0 spiro atoms. The lowest BCUT2D eigenvalue weighted by Crippen LogP contribution is -2.41. The molecule has 7 nitrogen and oxygen atoms in total. The van der Waals surface area contributed by atoms with Gasteiger partial charge in [0.15, 0.2) is 6.29 Å². The Bertz CT molecular complexity index is 1270. The maximum absolute atomic E-state index is 13.0. The summed E-state index contributed by atoms with van der Waals surface area (Å²) in [5.41, 5.74) is 3.43. The molecule has 0 saturated carbocycles. The summed E-state index contributed by atoms with van der Waals surface area (Å²) in [6.45, 7) is 5.19. The van der Waals surface area contributed by atoms with Crippen molar-refractivity contribution in [1.29, 1.82) is 0 Å². The number of hydrogen-bond donors (Lipinski definition) is 3. The van der Waals surface area contributed by atoms with Crippen molar-refractivity contribution in [2.75, 3.05) is 13.1 Å². The second-order valence-corrected chi connectivity index (χ2v) is 8.96. The number of aliphatic hydroxyl groups excluding tert-OH is 1. The fourth-order valence-corrected chi connectivity index (χ4v) is 4.67. The number of carbonyl (C=O) groups is 1. The number of nitrogens with one attached hydrogen (secondary N) is 1. The summed E-state index contributed by atoms with van der Waals surface area (Å²) >= 11 is 6.57. The number of rotatable bonds is 5. The highest BCUT2D eigenvalue weighted by atomic mass is 35.5. The van der Waals surface area contributed by atoms with Crippen LogP contribution in [0.1, 0.15) is 35.8 Å². The molecular formula is C25H28ClN3O4. The second-order valence-electron chi connectivity index (χ2n) is 8.55. The van der Waals surface area contributed by atoms with E-state index in [2.05, 4.69) is 4.98 Å². The molecule has 0 radical (unpaired) electrons. The standard InChI is InChI=1S/C25H28ClN3O4/c1-3-4-9-29-14-20(19-12-15(2)27-22(19)24(29)31)17-5-6-18(21(26)13-17)23(30)28-10-7-16(8-11-28)25(32)33/h3-6,12-14,16,25,27,32-33H,7-11H2,1-2H3/b4-3+. The van der Waals surface area contributed by atoms with Crippen LogP contribution in [0.5, 0.6) is 0 Å². The Hall–Kier alpha value is -2.87. The normalized spacial score (nSPS) is 15.3. The third-order valence-corrected chi connectivity index (χ3v) is 6.61. The van der Waals surface area contributed by atoms with Crippen LogP contribution < -0.4 is 5.56 Å². The van der Waals surface area contributed by atoms with Gasteiger partial charge >= 0.3 is 0 Å². The molecule has 3 aromatic rings. The summed E-state index contributed by atoms with van der Waals surface area (Å²) in [6.07, 6.45) is 5.37. The van der Waals surface area contributed by atoms with Crippen molar-refractivity contribution in [3.05, 3.63) is 69.2 Å². The lowest BCUT2D eigenvalue weighted by Gasteiger charge is -2.32. The van der Waals surface area contributed by atoms with E-state index < -0.39 is 6.29 Å². The van der Waals surface area contributed by atoms with Crippen molar-refractivity contribution in [2.24, 2.45) is 5.92 Å². The van der Waals surface area contributed by atoms with Crippen molar-refractivity contribution < 1.29 is 15.0 Å². The number of nitrogens with zero attached hydrogens (tertiary/aromatic N) is 2. The molecule has 1 amide bonds. The summed E-state index contributed by atoms with van der Waals surface area (Å²) in [6, 6.07) is 7.28. The van der Waals surface area contributed by atoms with E-state index in [1.54, 1.807) is 21.6 Å². The number of aliphatic hydroxyl groups is 2. The summed E-state index contributed by atoms with van der Waals surface area (Å²) in [5, 5.41) is 19.9. The first-order valence-electron chi connectivity index (χ1n) is 11.1. The minimum absolute atomic E-state index is 0.0887. The van der Waals surface area contributed by atoms with Gasteiger partial charge in [-0.1, -0.05) is 29.8 Å². The quantitative estimate of drug-likeness (QED) is 0.392. The van der Waals surface area contributed by atoms with Crippen LogP contribution in [-0.4, -0.2) is 50.0 Å². The highest BCUT2D eigenvalue weighted by Gasteiger charge is 2.28. The molecule has 3 N–H and O–H groups in total. The van der Waals surface area contributed by atoms with E-state index in [-0.39, 0.29) is 17.4 Å². The van der Waals surface area contributed by atoms with Gasteiger partial charge in [0.05, 0.1) is 10.6 Å². The molecule has 3 heterocycles. The SMILES string of the molecule is C/C=C/Cn1cc(-c2ccc(C(=O)N3CCC(C(O)O)CC3)c(Cl)c2)c2cc(C)[nH]c2c1=O. The highest BCUT2D eigenvalue weighted by Crippen LogP contribution is 2.32. The number of allylic oxidation sites excluding steroid dienone is 2. The Morgan fingerprint density at radius 1 is 1.27 bits per heavy atom. The van der Waals surface area contributed by atoms with Gasteiger partial charge in [0, 0.05) is 48.4 Å². The van der Waals surface area contributed by atoms with Crippen LogP contribution in [-0.2, 0) is 6.54 Å². The van der Waals surface area contributed by atoms with Gasteiger partial charge in [-0.2, -0.15) is 0 Å². The maximum Gasteiger partial charge on any atom is 0.275 e. The molecule has 1 aliphatic rings. The van der Waals surface area contributed by atoms with Gasteiger partial charge in [0.1, 0.15) is 5.52 Å². The van der Waals surface area contributed by atoms with Crippen LogP contribution in [0.3, 0.4) is 0 Å². The zero-order valence-corrected chi connectivity index (χ0v) is 19.5. The minimum Gasteiger partial charge on any atom is -0.368 e. The van der Waals surface area contributed by atoms with Crippen molar-refractivity contribution in [3.8, 4) is 11.1 Å². The molecule has 1 aliphatic heterocycles. The van der Waals surface area contributed by atoms with Crippen LogP contribution in [0.4, 0.5) is 0 Å². The lowest BCUT2D eigenvalue weighted by atomic mass is 9.95. The molecular weight excluding hydrogens is 442 g/mol. The minimum atomic E-state index is -1.35. The van der Waals surface area contributed by atoms with Gasteiger partial charge < -0.3 is 24.7 Å². The average molecular weight is 470 g/mol. The predicted molar refractivity (Wildman–Crippen MR) is 129 cm³/mol. The molecule has 2 aromatic heterocycles. The second kappa shape index (κ2) is 9.55. The first-order valence-corrected chi connectivity index (χ1v) is 11.5. The van der Waals surface area contributed by atoms with Gasteiger partial charge in [0.2, 0.25) is 0 Å². The van der Waals surface area contributed by atoms with Gasteiger partial charge in [-0.25, -0.2) is 0 Å². The summed E-state index contributed by atoms with van der Waals surface area (Å²) in [7, 11) is 0. The highest BCUT2D eigenvalue weighted by molar-refractivity contribution is 6.34. The van der Waals surface area contributed by atoms with Gasteiger partial charge in [0.25, 0.3) is 11.5 Å². The number of piperidine rings is 1. The molecule has 8 heteroatoms. The molecule has 1 saturated heterocycles. The predicted octanol–water partition coefficient (Wildman–Crippen LogP) is 3.70. The smallest absolute Gasteiger partial charge is 0.275 e. The van der Waals surface area contributed by atoms with Crippen molar-refractivity contribution in [2.45, 2.75) is 39.5 Å². The zero-order chi connectivity index (χ0) is 23.7. The fourth-order valence-electron chi connectivity index (χ4n) is 4.41. The van der Waals surface area contributed by atoms with Crippen molar-refractivity contribution in [1.82, 2.24) is 14.5 Å². The lowest BCUT2D eigenvalue weighted by molar-refractivity contribution is -0.0963. The summed E-state index contributed by atoms with van der Waals surface area (Å²) in [4.78, 5) is 30.8. The van der Waals surface area contributed by atoms with Gasteiger partial charge in [-0.3, -0.25) is 9.59 Å². The summed E-state index contributed by atoms with van der Waals surface area (Å²) in [5.74, 6) is -0.379. The third-order valence-electron chi connectivity index (χ3n) is 6.30. The van der Waals surface area contributed by atoms with E-state index in [1.807, 2.05) is 44.3 Å². The van der Waals surface area contributed by atoms with Gasteiger partial charge in [-0.05, 0) is 50.5 Å². The first-order chi connectivity index (χ1) is 15.8. The molecule has 33 heavy (non-hydrogen) atoms. The largest absolute Gasteiger partial charge is 0.368 e. The Morgan fingerprint density at radius 3 is 2.64 bits per heavy atom. The number of aromatic nitrogens is 2. The molecule has 1 aromatic carbocycles. The number of pyridine rings is 1. The number of aryl methyl sites for hydroxylation is 1. The van der Waals surface area contributed by atoms with Crippen LogP contribution in [0.2, 0.25) is 5.02 Å². The number of hydrogen-bond acceptors (Lipinski definition) is 4. The number of carbonyl (C=O) groups excluding carboxylic acids is 1. The number of amides is 1. The van der Waals surface area contributed by atoms with Crippen molar-refractivity contribution in [3.63, 3.8) is 0 Å². The number of H-pyrrole nitrogens is 1. The first kappa shape index (κ1) is 23.3. The zero-order valence-electron chi connectivity index (χ0n) is 18.7. The maximum atomic E-state index is 13.0. The van der Waals surface area contributed by atoms with E-state index in [1.165, 1.54) is 0 Å². The molecule has 0 unspecified atom stereocenters. The topological polar surface area (TPSA) is 98.6 Å². The summed E-state index contributed by atoms with van der Waals surface area (Å²) < 4.78 is 1.65. The van der Waals surface area contributed by atoms with Crippen LogP contribution in [0.15, 0.2) is 47.4 Å². The number of benzene rings is 1. The molecule has 0 atom stereocenters. The molecule has 0 aliphatic carbocycles. The van der Waals surface area contributed by atoms with Crippen LogP contribution >= 0.6 is 11.6 Å². The average Bonchev–Trinajstić information content (AvgIpc) is 3.20. The molecule has 1 fully saturated rings. The van der Waals surface area contributed by atoms with Gasteiger partial charge in [-0.15, -0.1) is 0 Å². The fraction of sp³-hybridized carbons (Fsp3) is 0.360. The number of halogens is 1. The van der Waals surface area contributed by atoms with E-state index in [0.717, 1.165) is 22.2 Å². The van der Waals surface area contributed by atoms with E-state index in [0.29, 0.717) is 48.6 Å². The van der Waals surface area contributed by atoms with Crippen LogP contribution in [0, 0.1) is 12.8 Å². The van der Waals surface area contributed by atoms with E-state index in [4.69, 9.17) is 11.6 Å². The van der Waals surface area contributed by atoms with E-state index >= 15 is 0 Å². The molecule has 4 rings (SSSR count). The molecule has 0 bridgehead atoms.